The minimum atomic E-state index is 0.618. The fourth-order valence-corrected chi connectivity index (χ4v) is 2.68. The molecule has 0 radical (unpaired) electrons. The number of fused-ring (bicyclic) bond motifs is 3. The van der Waals surface area contributed by atoms with Gasteiger partial charge in [0.25, 0.3) is 0 Å². The Morgan fingerprint density at radius 1 is 0.762 bits per heavy atom. The quantitative estimate of drug-likeness (QED) is 0.799. The first kappa shape index (κ1) is 13.4. The lowest BCUT2D eigenvalue weighted by molar-refractivity contribution is 0.353. The normalized spacial score (nSPS) is 10.9. The van der Waals surface area contributed by atoms with E-state index in [4.69, 9.17) is 18.9 Å². The SMILES string of the molecule is COc1cc(OC)c2c([nH]c3c(OC)cccc32)c1OC. The zero-order valence-electron chi connectivity index (χ0n) is 12.4. The summed E-state index contributed by atoms with van der Waals surface area (Å²) >= 11 is 0. The van der Waals surface area contributed by atoms with Crippen molar-refractivity contribution in [2.24, 2.45) is 0 Å². The summed E-state index contributed by atoms with van der Waals surface area (Å²) in [7, 11) is 6.51. The molecule has 3 aromatic rings. The molecular formula is C16H17NO4. The number of hydrogen-bond acceptors (Lipinski definition) is 4. The molecule has 1 heterocycles. The van der Waals surface area contributed by atoms with Gasteiger partial charge in [-0.3, -0.25) is 0 Å². The van der Waals surface area contributed by atoms with Gasteiger partial charge in [-0.2, -0.15) is 0 Å². The average molecular weight is 287 g/mol. The van der Waals surface area contributed by atoms with Crippen LogP contribution >= 0.6 is 0 Å². The van der Waals surface area contributed by atoms with Crippen molar-refractivity contribution in [3.8, 4) is 23.0 Å². The number of para-hydroxylation sites is 1. The maximum Gasteiger partial charge on any atom is 0.185 e. The van der Waals surface area contributed by atoms with Gasteiger partial charge in [-0.15, -0.1) is 0 Å². The predicted octanol–water partition coefficient (Wildman–Crippen LogP) is 3.36. The van der Waals surface area contributed by atoms with Gasteiger partial charge in [-0.1, -0.05) is 12.1 Å². The molecule has 0 saturated carbocycles. The van der Waals surface area contributed by atoms with Crippen molar-refractivity contribution >= 4 is 21.8 Å². The van der Waals surface area contributed by atoms with Gasteiger partial charge in [-0.05, 0) is 6.07 Å². The van der Waals surface area contributed by atoms with Gasteiger partial charge >= 0.3 is 0 Å². The molecule has 1 N–H and O–H groups in total. The first-order valence-electron chi connectivity index (χ1n) is 6.52. The van der Waals surface area contributed by atoms with Crippen molar-refractivity contribution in [1.82, 2.24) is 4.98 Å². The van der Waals surface area contributed by atoms with Crippen molar-refractivity contribution in [2.75, 3.05) is 28.4 Å². The second-order valence-electron chi connectivity index (χ2n) is 4.57. The van der Waals surface area contributed by atoms with Crippen LogP contribution in [0.3, 0.4) is 0 Å². The zero-order chi connectivity index (χ0) is 15.0. The number of nitrogens with one attached hydrogen (secondary N) is 1. The Bertz CT molecular complexity index is 807. The molecular weight excluding hydrogens is 270 g/mol. The van der Waals surface area contributed by atoms with E-state index < -0.39 is 0 Å². The van der Waals surface area contributed by atoms with Crippen molar-refractivity contribution in [3.63, 3.8) is 0 Å². The summed E-state index contributed by atoms with van der Waals surface area (Å²) in [6.07, 6.45) is 0. The molecule has 5 nitrogen and oxygen atoms in total. The van der Waals surface area contributed by atoms with E-state index in [1.807, 2.05) is 24.3 Å². The van der Waals surface area contributed by atoms with Gasteiger partial charge in [0.15, 0.2) is 11.5 Å². The highest BCUT2D eigenvalue weighted by molar-refractivity contribution is 6.14. The number of aromatic amines is 1. The third-order valence-electron chi connectivity index (χ3n) is 3.62. The van der Waals surface area contributed by atoms with E-state index >= 15 is 0 Å². The number of methoxy groups -OCH3 is 4. The van der Waals surface area contributed by atoms with Crippen molar-refractivity contribution in [2.45, 2.75) is 0 Å². The molecule has 21 heavy (non-hydrogen) atoms. The van der Waals surface area contributed by atoms with Crippen LogP contribution in [0.2, 0.25) is 0 Å². The van der Waals surface area contributed by atoms with E-state index in [1.165, 1.54) is 0 Å². The monoisotopic (exact) mass is 287 g/mol. The third-order valence-corrected chi connectivity index (χ3v) is 3.62. The third kappa shape index (κ3) is 1.85. The molecule has 0 aliphatic heterocycles. The van der Waals surface area contributed by atoms with Gasteiger partial charge in [0.1, 0.15) is 11.5 Å². The smallest absolute Gasteiger partial charge is 0.185 e. The molecule has 0 aliphatic carbocycles. The molecule has 0 bridgehead atoms. The Labute approximate surface area is 122 Å². The summed E-state index contributed by atoms with van der Waals surface area (Å²) in [5, 5.41) is 1.96. The number of H-pyrrole nitrogens is 1. The summed E-state index contributed by atoms with van der Waals surface area (Å²) in [5.41, 5.74) is 1.73. The maximum absolute atomic E-state index is 5.51. The molecule has 0 atom stereocenters. The average Bonchev–Trinajstić information content (AvgIpc) is 2.92. The van der Waals surface area contributed by atoms with Gasteiger partial charge in [0.2, 0.25) is 0 Å². The van der Waals surface area contributed by atoms with E-state index in [-0.39, 0.29) is 0 Å². The van der Waals surface area contributed by atoms with Crippen LogP contribution < -0.4 is 18.9 Å². The molecule has 2 aromatic carbocycles. The molecule has 5 heteroatoms. The lowest BCUT2D eigenvalue weighted by atomic mass is 10.1. The van der Waals surface area contributed by atoms with Crippen molar-refractivity contribution in [3.05, 3.63) is 24.3 Å². The first-order valence-corrected chi connectivity index (χ1v) is 6.52. The van der Waals surface area contributed by atoms with Gasteiger partial charge < -0.3 is 23.9 Å². The van der Waals surface area contributed by atoms with Gasteiger partial charge in [0, 0.05) is 11.5 Å². The van der Waals surface area contributed by atoms with Crippen LogP contribution in [0, 0.1) is 0 Å². The van der Waals surface area contributed by atoms with Crippen LogP contribution in [0.1, 0.15) is 0 Å². The molecule has 0 saturated heterocycles. The van der Waals surface area contributed by atoms with Crippen LogP contribution in [0.5, 0.6) is 23.0 Å². The molecule has 3 rings (SSSR count). The minimum absolute atomic E-state index is 0.618. The summed E-state index contributed by atoms with van der Waals surface area (Å²) in [5.74, 6) is 2.76. The van der Waals surface area contributed by atoms with Crippen molar-refractivity contribution < 1.29 is 18.9 Å². The van der Waals surface area contributed by atoms with Crippen LogP contribution in [-0.2, 0) is 0 Å². The molecule has 0 fully saturated rings. The molecule has 110 valence electrons. The standard InChI is InChI=1S/C16H17NO4/c1-18-10-7-5-6-9-13-11(19-2)8-12(20-3)16(21-4)15(13)17-14(9)10/h5-8,17H,1-4H3. The number of ether oxygens (including phenoxy) is 4. The second kappa shape index (κ2) is 5.09. The Morgan fingerprint density at radius 3 is 2.10 bits per heavy atom. The Kier molecular flexibility index (Phi) is 3.25. The molecule has 0 aliphatic rings. The highest BCUT2D eigenvalue weighted by Gasteiger charge is 2.20. The van der Waals surface area contributed by atoms with Crippen LogP contribution in [0.4, 0.5) is 0 Å². The Balaban J connectivity index is 2.52. The lowest BCUT2D eigenvalue weighted by Crippen LogP contribution is -1.93. The summed E-state index contributed by atoms with van der Waals surface area (Å²) in [6, 6.07) is 7.71. The van der Waals surface area contributed by atoms with Crippen LogP contribution in [-0.4, -0.2) is 33.4 Å². The minimum Gasteiger partial charge on any atom is -0.496 e. The van der Waals surface area contributed by atoms with Gasteiger partial charge in [-0.25, -0.2) is 0 Å². The molecule has 0 spiro atoms. The number of benzene rings is 2. The molecule has 0 unspecified atom stereocenters. The van der Waals surface area contributed by atoms with E-state index in [1.54, 1.807) is 28.4 Å². The summed E-state index contributed by atoms with van der Waals surface area (Å²) in [4.78, 5) is 3.36. The van der Waals surface area contributed by atoms with E-state index in [0.29, 0.717) is 11.5 Å². The van der Waals surface area contributed by atoms with E-state index in [2.05, 4.69) is 4.98 Å². The number of rotatable bonds is 4. The van der Waals surface area contributed by atoms with Gasteiger partial charge in [0.05, 0.1) is 44.9 Å². The fourth-order valence-electron chi connectivity index (χ4n) is 2.68. The van der Waals surface area contributed by atoms with Crippen molar-refractivity contribution in [1.29, 1.82) is 0 Å². The largest absolute Gasteiger partial charge is 0.496 e. The lowest BCUT2D eigenvalue weighted by Gasteiger charge is -2.11. The summed E-state index contributed by atoms with van der Waals surface area (Å²) in [6.45, 7) is 0. The fraction of sp³-hybridized carbons (Fsp3) is 0.250. The first-order chi connectivity index (χ1) is 10.2. The highest BCUT2D eigenvalue weighted by atomic mass is 16.5. The molecule has 1 aromatic heterocycles. The number of aromatic nitrogens is 1. The zero-order valence-corrected chi connectivity index (χ0v) is 12.4. The van der Waals surface area contributed by atoms with E-state index in [0.717, 1.165) is 33.3 Å². The number of hydrogen-bond donors (Lipinski definition) is 1. The van der Waals surface area contributed by atoms with Crippen LogP contribution in [0.25, 0.3) is 21.8 Å². The topological polar surface area (TPSA) is 52.7 Å². The summed E-state index contributed by atoms with van der Waals surface area (Å²) < 4.78 is 21.8. The molecule has 0 amide bonds. The predicted molar refractivity (Wildman–Crippen MR) is 82.0 cm³/mol. The van der Waals surface area contributed by atoms with E-state index in [9.17, 15) is 0 Å². The Morgan fingerprint density at radius 2 is 1.48 bits per heavy atom. The second-order valence-corrected chi connectivity index (χ2v) is 4.57. The van der Waals surface area contributed by atoms with Crippen LogP contribution in [0.15, 0.2) is 24.3 Å². The maximum atomic E-state index is 5.51. The Hall–Kier alpha value is -2.56. The highest BCUT2D eigenvalue weighted by Crippen LogP contribution is 2.45.